The predicted molar refractivity (Wildman–Crippen MR) is 48.4 cm³/mol. The molecule has 0 aromatic rings. The molecule has 1 amide bonds. The van der Waals surface area contributed by atoms with Crippen LogP contribution >= 0.6 is 0 Å². The molecule has 13 heavy (non-hydrogen) atoms. The highest BCUT2D eigenvalue weighted by Gasteiger charge is 2.41. The molecule has 1 rings (SSSR count). The highest BCUT2D eigenvalue weighted by atomic mass is 16.6. The zero-order valence-corrected chi connectivity index (χ0v) is 8.41. The Labute approximate surface area is 78.5 Å². The van der Waals surface area contributed by atoms with Crippen LogP contribution in [0.25, 0.3) is 0 Å². The lowest BCUT2D eigenvalue weighted by molar-refractivity contribution is 0.0825. The molecule has 0 aromatic heterocycles. The average molecular weight is 187 g/mol. The van der Waals surface area contributed by atoms with E-state index in [0.29, 0.717) is 19.6 Å². The molecule has 0 aliphatic carbocycles. The Balaban J connectivity index is 2.64. The minimum atomic E-state index is -0.417. The SMILES string of the molecule is CCOC(=O)N1CC(O)CC1(C)C. The minimum Gasteiger partial charge on any atom is -0.450 e. The number of likely N-dealkylation sites (tertiary alicyclic amines) is 1. The zero-order chi connectivity index (χ0) is 10.1. The Morgan fingerprint density at radius 1 is 1.69 bits per heavy atom. The van der Waals surface area contributed by atoms with Crippen LogP contribution in [0.3, 0.4) is 0 Å². The van der Waals surface area contributed by atoms with E-state index < -0.39 is 6.10 Å². The van der Waals surface area contributed by atoms with E-state index in [1.807, 2.05) is 13.8 Å². The molecule has 4 heteroatoms. The van der Waals surface area contributed by atoms with Crippen molar-refractivity contribution in [2.75, 3.05) is 13.2 Å². The van der Waals surface area contributed by atoms with Gasteiger partial charge in [-0.3, -0.25) is 0 Å². The van der Waals surface area contributed by atoms with Crippen LogP contribution in [0.5, 0.6) is 0 Å². The molecule has 76 valence electrons. The van der Waals surface area contributed by atoms with Crippen LogP contribution in [-0.4, -0.2) is 40.9 Å². The molecule has 0 spiro atoms. The third-order valence-corrected chi connectivity index (χ3v) is 2.35. The molecule has 0 aromatic carbocycles. The maximum atomic E-state index is 11.4. The summed E-state index contributed by atoms with van der Waals surface area (Å²) in [6, 6.07) is 0. The van der Waals surface area contributed by atoms with Crippen molar-refractivity contribution in [1.29, 1.82) is 0 Å². The summed E-state index contributed by atoms with van der Waals surface area (Å²) in [6.07, 6.45) is -0.130. The second kappa shape index (κ2) is 3.54. The van der Waals surface area contributed by atoms with E-state index in [1.165, 1.54) is 0 Å². The van der Waals surface area contributed by atoms with Crippen molar-refractivity contribution < 1.29 is 14.6 Å². The highest BCUT2D eigenvalue weighted by Crippen LogP contribution is 2.28. The molecule has 4 nitrogen and oxygen atoms in total. The van der Waals surface area contributed by atoms with Gasteiger partial charge in [-0.2, -0.15) is 0 Å². The van der Waals surface area contributed by atoms with Gasteiger partial charge in [0, 0.05) is 5.54 Å². The van der Waals surface area contributed by atoms with Gasteiger partial charge in [-0.1, -0.05) is 0 Å². The third kappa shape index (κ3) is 2.12. The predicted octanol–water partition coefficient (Wildman–Crippen LogP) is 0.988. The van der Waals surface area contributed by atoms with Crippen molar-refractivity contribution in [3.05, 3.63) is 0 Å². The van der Waals surface area contributed by atoms with E-state index in [9.17, 15) is 9.90 Å². The average Bonchev–Trinajstić information content (AvgIpc) is 2.24. The zero-order valence-electron chi connectivity index (χ0n) is 8.41. The summed E-state index contributed by atoms with van der Waals surface area (Å²) < 4.78 is 4.89. The Morgan fingerprint density at radius 2 is 2.31 bits per heavy atom. The van der Waals surface area contributed by atoms with E-state index in [1.54, 1.807) is 11.8 Å². The molecule has 1 N–H and O–H groups in total. The molecule has 1 heterocycles. The third-order valence-electron chi connectivity index (χ3n) is 2.35. The Kier molecular flexibility index (Phi) is 2.81. The first-order valence-corrected chi connectivity index (χ1v) is 4.60. The van der Waals surface area contributed by atoms with Crippen LogP contribution in [0.1, 0.15) is 27.2 Å². The van der Waals surface area contributed by atoms with Crippen LogP contribution < -0.4 is 0 Å². The summed E-state index contributed by atoms with van der Waals surface area (Å²) >= 11 is 0. The van der Waals surface area contributed by atoms with Gasteiger partial charge in [0.05, 0.1) is 19.3 Å². The Hall–Kier alpha value is -0.770. The molecule has 0 saturated carbocycles. The van der Waals surface area contributed by atoms with E-state index >= 15 is 0 Å². The van der Waals surface area contributed by atoms with Crippen LogP contribution in [0, 0.1) is 0 Å². The number of carbonyl (C=O) groups excluding carboxylic acids is 1. The molecule has 1 aliphatic rings. The molecule has 0 bridgehead atoms. The molecule has 1 fully saturated rings. The summed E-state index contributed by atoms with van der Waals surface area (Å²) in [5, 5.41) is 9.40. The topological polar surface area (TPSA) is 49.8 Å². The first-order chi connectivity index (χ1) is 5.97. The normalized spacial score (nSPS) is 26.2. The van der Waals surface area contributed by atoms with Gasteiger partial charge in [-0.25, -0.2) is 4.79 Å². The van der Waals surface area contributed by atoms with Crippen molar-refractivity contribution in [2.45, 2.75) is 38.8 Å². The molecule has 1 unspecified atom stereocenters. The molecule has 1 atom stereocenters. The standard InChI is InChI=1S/C9H17NO3/c1-4-13-8(12)10-6-7(11)5-9(10,2)3/h7,11H,4-6H2,1-3H3. The number of rotatable bonds is 1. The van der Waals surface area contributed by atoms with E-state index in [4.69, 9.17) is 4.74 Å². The quantitative estimate of drug-likeness (QED) is 0.666. The number of aliphatic hydroxyl groups excluding tert-OH is 1. The molecular formula is C9H17NO3. The van der Waals surface area contributed by atoms with Gasteiger partial charge < -0.3 is 14.7 Å². The summed E-state index contributed by atoms with van der Waals surface area (Å²) in [5.41, 5.74) is -0.286. The smallest absolute Gasteiger partial charge is 0.410 e. The lowest BCUT2D eigenvalue weighted by Gasteiger charge is -2.29. The summed E-state index contributed by atoms with van der Waals surface area (Å²) in [5.74, 6) is 0. The second-order valence-electron chi connectivity index (χ2n) is 3.98. The highest BCUT2D eigenvalue weighted by molar-refractivity contribution is 5.69. The summed E-state index contributed by atoms with van der Waals surface area (Å²) in [4.78, 5) is 13.0. The molecular weight excluding hydrogens is 170 g/mol. The number of β-amino-alcohol motifs (C(OH)–C–C–N with tert-alkyl or cyclic N) is 1. The largest absolute Gasteiger partial charge is 0.450 e. The molecule has 0 radical (unpaired) electrons. The number of hydrogen-bond donors (Lipinski definition) is 1. The van der Waals surface area contributed by atoms with Gasteiger partial charge in [0.15, 0.2) is 0 Å². The Morgan fingerprint density at radius 3 is 2.69 bits per heavy atom. The fourth-order valence-corrected chi connectivity index (χ4v) is 1.73. The van der Waals surface area contributed by atoms with Gasteiger partial charge >= 0.3 is 6.09 Å². The summed E-state index contributed by atoms with van der Waals surface area (Å²) in [7, 11) is 0. The van der Waals surface area contributed by atoms with Crippen molar-refractivity contribution >= 4 is 6.09 Å². The fourth-order valence-electron chi connectivity index (χ4n) is 1.73. The van der Waals surface area contributed by atoms with Crippen LogP contribution in [0.4, 0.5) is 4.79 Å². The first kappa shape index (κ1) is 10.3. The number of carbonyl (C=O) groups is 1. The lowest BCUT2D eigenvalue weighted by atomic mass is 10.0. The van der Waals surface area contributed by atoms with Gasteiger partial charge in [0.1, 0.15) is 0 Å². The van der Waals surface area contributed by atoms with E-state index in [2.05, 4.69) is 0 Å². The van der Waals surface area contributed by atoms with Crippen molar-refractivity contribution in [3.63, 3.8) is 0 Å². The maximum Gasteiger partial charge on any atom is 0.410 e. The van der Waals surface area contributed by atoms with Crippen molar-refractivity contribution in [2.24, 2.45) is 0 Å². The maximum absolute atomic E-state index is 11.4. The van der Waals surface area contributed by atoms with Crippen LogP contribution in [0.15, 0.2) is 0 Å². The van der Waals surface area contributed by atoms with Gasteiger partial charge in [0.25, 0.3) is 0 Å². The molecule has 1 aliphatic heterocycles. The van der Waals surface area contributed by atoms with Gasteiger partial charge in [-0.05, 0) is 27.2 Å². The summed E-state index contributed by atoms with van der Waals surface area (Å²) in [6.45, 7) is 6.39. The number of hydrogen-bond acceptors (Lipinski definition) is 3. The van der Waals surface area contributed by atoms with Gasteiger partial charge in [-0.15, -0.1) is 0 Å². The molecule has 1 saturated heterocycles. The van der Waals surface area contributed by atoms with Crippen LogP contribution in [-0.2, 0) is 4.74 Å². The van der Waals surface area contributed by atoms with Gasteiger partial charge in [0.2, 0.25) is 0 Å². The van der Waals surface area contributed by atoms with Crippen molar-refractivity contribution in [1.82, 2.24) is 4.90 Å². The minimum absolute atomic E-state index is 0.286. The second-order valence-corrected chi connectivity index (χ2v) is 3.98. The van der Waals surface area contributed by atoms with Crippen LogP contribution in [0.2, 0.25) is 0 Å². The lowest BCUT2D eigenvalue weighted by Crippen LogP contribution is -2.43. The number of aliphatic hydroxyl groups is 1. The monoisotopic (exact) mass is 187 g/mol. The first-order valence-electron chi connectivity index (χ1n) is 4.60. The van der Waals surface area contributed by atoms with E-state index in [-0.39, 0.29) is 11.6 Å². The van der Waals surface area contributed by atoms with E-state index in [0.717, 1.165) is 0 Å². The Bertz CT molecular complexity index is 203. The van der Waals surface area contributed by atoms with Crippen molar-refractivity contribution in [3.8, 4) is 0 Å². The fraction of sp³-hybridized carbons (Fsp3) is 0.889. The number of nitrogens with zero attached hydrogens (tertiary/aromatic N) is 1. The number of ether oxygens (including phenoxy) is 1. The number of amides is 1.